The average molecular weight is 421 g/mol. The molecular formula is C24H28N4O3. The lowest BCUT2D eigenvalue weighted by atomic mass is 10.1. The first-order chi connectivity index (χ1) is 14.6. The fourth-order valence-corrected chi connectivity index (χ4v) is 3.74. The monoisotopic (exact) mass is 420 g/mol. The minimum atomic E-state index is -0.418. The van der Waals surface area contributed by atoms with E-state index in [0.717, 1.165) is 22.4 Å². The molecule has 0 bridgehead atoms. The second-order valence-corrected chi connectivity index (χ2v) is 8.22. The van der Waals surface area contributed by atoms with Gasteiger partial charge in [0, 0.05) is 18.1 Å². The standard InChI is InChI=1S/C24H28N4O3/c1-14(2)28-23(30)19-10-8-7-9-18(19)22(26-28)24(31)27(6)13-20(29)25-21-16(4)11-15(3)12-17(21)5/h7-12,14H,13H2,1-6H3,(H,25,29). The van der Waals surface area contributed by atoms with E-state index in [9.17, 15) is 14.4 Å². The molecule has 7 nitrogen and oxygen atoms in total. The van der Waals surface area contributed by atoms with Crippen LogP contribution in [0.4, 0.5) is 5.69 Å². The van der Waals surface area contributed by atoms with Gasteiger partial charge in [0.1, 0.15) is 0 Å². The lowest BCUT2D eigenvalue weighted by Crippen LogP contribution is -2.37. The lowest BCUT2D eigenvalue weighted by Gasteiger charge is -2.20. The number of carbonyl (C=O) groups excluding carboxylic acids is 2. The summed E-state index contributed by atoms with van der Waals surface area (Å²) < 4.78 is 1.31. The van der Waals surface area contributed by atoms with Crippen LogP contribution in [-0.4, -0.2) is 40.1 Å². The Morgan fingerprint density at radius 3 is 2.23 bits per heavy atom. The minimum absolute atomic E-state index is 0.137. The Kier molecular flexibility index (Phi) is 6.24. The summed E-state index contributed by atoms with van der Waals surface area (Å²) in [7, 11) is 1.55. The SMILES string of the molecule is Cc1cc(C)c(NC(=O)CN(C)C(=O)c2nn(C(C)C)c(=O)c3ccccc23)c(C)c1. The Bertz CT molecular complexity index is 1200. The Morgan fingerprint density at radius 1 is 1.06 bits per heavy atom. The number of nitrogens with one attached hydrogen (secondary N) is 1. The van der Waals surface area contributed by atoms with E-state index in [2.05, 4.69) is 10.4 Å². The Morgan fingerprint density at radius 2 is 1.65 bits per heavy atom. The largest absolute Gasteiger partial charge is 0.331 e. The number of hydrogen-bond acceptors (Lipinski definition) is 4. The molecular weight excluding hydrogens is 392 g/mol. The third-order valence-corrected chi connectivity index (χ3v) is 5.19. The van der Waals surface area contributed by atoms with Crippen LogP contribution >= 0.6 is 0 Å². The maximum atomic E-state index is 13.2. The molecule has 2 amide bonds. The van der Waals surface area contributed by atoms with Crippen molar-refractivity contribution < 1.29 is 9.59 Å². The number of hydrogen-bond donors (Lipinski definition) is 1. The van der Waals surface area contributed by atoms with Gasteiger partial charge in [0.2, 0.25) is 5.91 Å². The number of amides is 2. The molecule has 0 spiro atoms. The highest BCUT2D eigenvalue weighted by molar-refractivity contribution is 6.06. The van der Waals surface area contributed by atoms with E-state index in [-0.39, 0.29) is 29.7 Å². The summed E-state index contributed by atoms with van der Waals surface area (Å²) in [6.07, 6.45) is 0. The van der Waals surface area contributed by atoms with Crippen LogP contribution in [-0.2, 0) is 4.79 Å². The first-order valence-corrected chi connectivity index (χ1v) is 10.2. The molecule has 0 aliphatic rings. The van der Waals surface area contributed by atoms with E-state index in [1.54, 1.807) is 31.3 Å². The molecule has 2 aromatic carbocycles. The predicted molar refractivity (Wildman–Crippen MR) is 123 cm³/mol. The third kappa shape index (κ3) is 4.50. The molecule has 0 aliphatic carbocycles. The summed E-state index contributed by atoms with van der Waals surface area (Å²) in [6.45, 7) is 9.42. The van der Waals surface area contributed by atoms with Gasteiger partial charge in [0.25, 0.3) is 11.5 Å². The number of carbonyl (C=O) groups is 2. The van der Waals surface area contributed by atoms with Crippen molar-refractivity contribution in [1.82, 2.24) is 14.7 Å². The molecule has 31 heavy (non-hydrogen) atoms. The Hall–Kier alpha value is -3.48. The van der Waals surface area contributed by atoms with Gasteiger partial charge >= 0.3 is 0 Å². The lowest BCUT2D eigenvalue weighted by molar-refractivity contribution is -0.116. The molecule has 7 heteroatoms. The second kappa shape index (κ2) is 8.71. The van der Waals surface area contributed by atoms with Crippen molar-refractivity contribution in [2.24, 2.45) is 0 Å². The van der Waals surface area contributed by atoms with Gasteiger partial charge in [-0.15, -0.1) is 0 Å². The van der Waals surface area contributed by atoms with Crippen LogP contribution in [0, 0.1) is 20.8 Å². The van der Waals surface area contributed by atoms with Crippen molar-refractivity contribution in [3.63, 3.8) is 0 Å². The van der Waals surface area contributed by atoms with Crippen molar-refractivity contribution in [3.05, 3.63) is 69.1 Å². The second-order valence-electron chi connectivity index (χ2n) is 8.22. The molecule has 3 rings (SSSR count). The molecule has 3 aromatic rings. The first-order valence-electron chi connectivity index (χ1n) is 10.2. The van der Waals surface area contributed by atoms with Gasteiger partial charge in [0.15, 0.2) is 5.69 Å². The molecule has 0 aliphatic heterocycles. The highest BCUT2D eigenvalue weighted by Crippen LogP contribution is 2.22. The number of anilines is 1. The van der Waals surface area contributed by atoms with Gasteiger partial charge in [-0.2, -0.15) is 5.10 Å². The summed E-state index contributed by atoms with van der Waals surface area (Å²) in [5.74, 6) is -0.717. The van der Waals surface area contributed by atoms with Crippen molar-refractivity contribution >= 4 is 28.3 Å². The van der Waals surface area contributed by atoms with Crippen LogP contribution in [0.15, 0.2) is 41.2 Å². The molecule has 1 aromatic heterocycles. The van der Waals surface area contributed by atoms with Crippen LogP contribution in [0.3, 0.4) is 0 Å². The van der Waals surface area contributed by atoms with Gasteiger partial charge in [-0.3, -0.25) is 14.4 Å². The zero-order valence-electron chi connectivity index (χ0n) is 18.8. The van der Waals surface area contributed by atoms with Crippen LogP contribution in [0.2, 0.25) is 0 Å². The van der Waals surface area contributed by atoms with E-state index < -0.39 is 5.91 Å². The zero-order valence-corrected chi connectivity index (χ0v) is 18.8. The average Bonchev–Trinajstić information content (AvgIpc) is 2.70. The molecule has 0 saturated carbocycles. The third-order valence-electron chi connectivity index (χ3n) is 5.19. The van der Waals surface area contributed by atoms with Crippen molar-refractivity contribution in [3.8, 4) is 0 Å². The minimum Gasteiger partial charge on any atom is -0.331 e. The fourth-order valence-electron chi connectivity index (χ4n) is 3.74. The number of nitrogens with zero attached hydrogens (tertiary/aromatic N) is 3. The van der Waals surface area contributed by atoms with E-state index in [4.69, 9.17) is 0 Å². The maximum absolute atomic E-state index is 13.2. The van der Waals surface area contributed by atoms with Crippen LogP contribution in [0.1, 0.15) is 47.1 Å². The summed E-state index contributed by atoms with van der Waals surface area (Å²) in [6, 6.07) is 10.7. The van der Waals surface area contributed by atoms with E-state index in [1.165, 1.54) is 9.58 Å². The van der Waals surface area contributed by atoms with Gasteiger partial charge in [-0.1, -0.05) is 35.9 Å². The number of aromatic nitrogens is 2. The van der Waals surface area contributed by atoms with Crippen molar-refractivity contribution in [2.45, 2.75) is 40.7 Å². The van der Waals surface area contributed by atoms with Gasteiger partial charge in [-0.05, 0) is 51.8 Å². The molecule has 0 saturated heterocycles. The molecule has 1 heterocycles. The molecule has 0 atom stereocenters. The number of fused-ring (bicyclic) bond motifs is 1. The van der Waals surface area contributed by atoms with E-state index in [0.29, 0.717) is 10.8 Å². The maximum Gasteiger partial charge on any atom is 0.275 e. The van der Waals surface area contributed by atoms with E-state index in [1.807, 2.05) is 46.8 Å². The highest BCUT2D eigenvalue weighted by atomic mass is 16.2. The zero-order chi connectivity index (χ0) is 22.9. The summed E-state index contributed by atoms with van der Waals surface area (Å²) in [4.78, 5) is 39.9. The smallest absolute Gasteiger partial charge is 0.275 e. The van der Waals surface area contributed by atoms with Gasteiger partial charge in [-0.25, -0.2) is 4.68 Å². The highest BCUT2D eigenvalue weighted by Gasteiger charge is 2.22. The number of likely N-dealkylation sites (N-methyl/N-ethyl adjacent to an activating group) is 1. The molecule has 0 fully saturated rings. The normalized spacial score (nSPS) is 11.1. The topological polar surface area (TPSA) is 84.3 Å². The quantitative estimate of drug-likeness (QED) is 0.683. The van der Waals surface area contributed by atoms with Crippen molar-refractivity contribution in [2.75, 3.05) is 18.9 Å². The fraction of sp³-hybridized carbons (Fsp3) is 0.333. The Balaban J connectivity index is 1.88. The van der Waals surface area contributed by atoms with Crippen LogP contribution < -0.4 is 10.9 Å². The number of benzene rings is 2. The van der Waals surface area contributed by atoms with Crippen LogP contribution in [0.5, 0.6) is 0 Å². The molecule has 0 radical (unpaired) electrons. The summed E-state index contributed by atoms with van der Waals surface area (Å²) in [5, 5.41) is 8.15. The predicted octanol–water partition coefficient (Wildman–Crippen LogP) is 3.61. The summed E-state index contributed by atoms with van der Waals surface area (Å²) in [5.41, 5.74) is 3.73. The van der Waals surface area contributed by atoms with Crippen LogP contribution in [0.25, 0.3) is 10.8 Å². The molecule has 162 valence electrons. The molecule has 0 unspecified atom stereocenters. The molecule has 1 N–H and O–H groups in total. The van der Waals surface area contributed by atoms with Crippen molar-refractivity contribution in [1.29, 1.82) is 0 Å². The summed E-state index contributed by atoms with van der Waals surface area (Å²) >= 11 is 0. The first kappa shape index (κ1) is 22.2. The number of rotatable bonds is 5. The Labute approximate surface area is 181 Å². The van der Waals surface area contributed by atoms with E-state index >= 15 is 0 Å². The number of aryl methyl sites for hydroxylation is 3. The van der Waals surface area contributed by atoms with Gasteiger partial charge in [0.05, 0.1) is 18.0 Å². The van der Waals surface area contributed by atoms with Gasteiger partial charge < -0.3 is 10.2 Å².